The monoisotopic (exact) mass is 310 g/mol. The second-order valence-corrected chi connectivity index (χ2v) is 4.85. The Balaban J connectivity index is 3.75. The molecule has 0 spiro atoms. The fourth-order valence-electron chi connectivity index (χ4n) is 1.29. The number of allylic oxidation sites excluding steroid dienone is 2. The van der Waals surface area contributed by atoms with Crippen LogP contribution in [0.15, 0.2) is 24.3 Å². The van der Waals surface area contributed by atoms with Crippen molar-refractivity contribution in [1.82, 2.24) is 0 Å². The van der Waals surface area contributed by atoms with Gasteiger partial charge < -0.3 is 9.47 Å². The Morgan fingerprint density at radius 1 is 0.682 bits per heavy atom. The molecular formula is C16H22O6. The summed E-state index contributed by atoms with van der Waals surface area (Å²) in [6.45, 7) is 10.1. The van der Waals surface area contributed by atoms with E-state index in [4.69, 9.17) is 9.47 Å². The van der Waals surface area contributed by atoms with Crippen molar-refractivity contribution in [3.8, 4) is 0 Å². The number of carbonyl (C=O) groups is 4. The SMILES string of the molecule is C=C(C)C(=O)CCOC(=O)CCC(=O)OCCC(=O)C(=C)C. The van der Waals surface area contributed by atoms with Crippen molar-refractivity contribution in [3.63, 3.8) is 0 Å². The van der Waals surface area contributed by atoms with Gasteiger partial charge in [-0.05, 0) is 25.0 Å². The quantitative estimate of drug-likeness (QED) is 0.428. The summed E-state index contributed by atoms with van der Waals surface area (Å²) in [5, 5.41) is 0. The molecule has 0 fully saturated rings. The molecule has 22 heavy (non-hydrogen) atoms. The molecule has 0 rings (SSSR count). The molecule has 122 valence electrons. The van der Waals surface area contributed by atoms with Crippen molar-refractivity contribution < 1.29 is 28.7 Å². The van der Waals surface area contributed by atoms with Gasteiger partial charge in [-0.1, -0.05) is 13.2 Å². The van der Waals surface area contributed by atoms with Gasteiger partial charge in [-0.3, -0.25) is 19.2 Å². The molecule has 0 aromatic heterocycles. The van der Waals surface area contributed by atoms with E-state index in [9.17, 15) is 19.2 Å². The molecule has 0 aromatic carbocycles. The van der Waals surface area contributed by atoms with Crippen LogP contribution in [0.1, 0.15) is 39.5 Å². The number of ether oxygens (including phenoxy) is 2. The Bertz CT molecular complexity index is 431. The standard InChI is InChI=1S/C16H22O6/c1-11(2)13(17)7-9-21-15(19)5-6-16(20)22-10-8-14(18)12(3)4/h1,3,5-10H2,2,4H3. The van der Waals surface area contributed by atoms with Crippen molar-refractivity contribution in [2.24, 2.45) is 0 Å². The summed E-state index contributed by atoms with van der Waals surface area (Å²) in [6, 6.07) is 0. The van der Waals surface area contributed by atoms with Gasteiger partial charge >= 0.3 is 11.9 Å². The fraction of sp³-hybridized carbons (Fsp3) is 0.500. The van der Waals surface area contributed by atoms with Crippen LogP contribution in [0, 0.1) is 0 Å². The van der Waals surface area contributed by atoms with E-state index in [1.165, 1.54) is 0 Å². The highest BCUT2D eigenvalue weighted by molar-refractivity contribution is 5.94. The molecule has 0 amide bonds. The summed E-state index contributed by atoms with van der Waals surface area (Å²) in [5.74, 6) is -1.50. The normalized spacial score (nSPS) is 9.73. The summed E-state index contributed by atoms with van der Waals surface area (Å²) in [4.78, 5) is 45.1. The van der Waals surface area contributed by atoms with Crippen molar-refractivity contribution in [2.45, 2.75) is 39.5 Å². The van der Waals surface area contributed by atoms with Crippen LogP contribution in [0.25, 0.3) is 0 Å². The van der Waals surface area contributed by atoms with E-state index in [1.54, 1.807) is 13.8 Å². The van der Waals surface area contributed by atoms with Crippen LogP contribution in [0.5, 0.6) is 0 Å². The molecule has 0 saturated carbocycles. The summed E-state index contributed by atoms with van der Waals surface area (Å²) in [7, 11) is 0. The van der Waals surface area contributed by atoms with Crippen LogP contribution < -0.4 is 0 Å². The average Bonchev–Trinajstić information content (AvgIpc) is 2.44. The molecule has 0 aliphatic carbocycles. The Hall–Kier alpha value is -2.24. The van der Waals surface area contributed by atoms with Gasteiger partial charge in [0.25, 0.3) is 0 Å². The maximum atomic E-state index is 11.3. The molecule has 0 unspecified atom stereocenters. The molecule has 0 radical (unpaired) electrons. The topological polar surface area (TPSA) is 86.7 Å². The Morgan fingerprint density at radius 2 is 1.00 bits per heavy atom. The van der Waals surface area contributed by atoms with Crippen LogP contribution in [-0.2, 0) is 28.7 Å². The minimum atomic E-state index is -0.579. The summed E-state index contributed by atoms with van der Waals surface area (Å²) in [5.41, 5.74) is 0.813. The van der Waals surface area contributed by atoms with E-state index in [0.29, 0.717) is 11.1 Å². The molecule has 0 aliphatic heterocycles. The van der Waals surface area contributed by atoms with Crippen LogP contribution in [0.3, 0.4) is 0 Å². The highest BCUT2D eigenvalue weighted by Gasteiger charge is 2.11. The summed E-state index contributed by atoms with van der Waals surface area (Å²) in [6.07, 6.45) is -0.105. The number of hydrogen-bond donors (Lipinski definition) is 0. The fourth-order valence-corrected chi connectivity index (χ4v) is 1.29. The largest absolute Gasteiger partial charge is 0.465 e. The van der Waals surface area contributed by atoms with Gasteiger partial charge in [0.1, 0.15) is 0 Å². The molecular weight excluding hydrogens is 288 g/mol. The van der Waals surface area contributed by atoms with Gasteiger partial charge in [-0.25, -0.2) is 0 Å². The zero-order valence-corrected chi connectivity index (χ0v) is 13.1. The van der Waals surface area contributed by atoms with Crippen LogP contribution in [0.4, 0.5) is 0 Å². The highest BCUT2D eigenvalue weighted by Crippen LogP contribution is 2.01. The van der Waals surface area contributed by atoms with Gasteiger partial charge in [0, 0.05) is 12.8 Å². The lowest BCUT2D eigenvalue weighted by Gasteiger charge is -2.05. The molecule has 0 saturated heterocycles. The zero-order valence-electron chi connectivity index (χ0n) is 13.1. The average molecular weight is 310 g/mol. The lowest BCUT2D eigenvalue weighted by Crippen LogP contribution is -2.14. The maximum Gasteiger partial charge on any atom is 0.306 e. The number of carbonyl (C=O) groups excluding carboxylic acids is 4. The van der Waals surface area contributed by atoms with Gasteiger partial charge in [0.15, 0.2) is 11.6 Å². The van der Waals surface area contributed by atoms with Crippen molar-refractivity contribution >= 4 is 23.5 Å². The Morgan fingerprint density at radius 3 is 1.27 bits per heavy atom. The Labute approximate surface area is 130 Å². The van der Waals surface area contributed by atoms with Crippen molar-refractivity contribution in [1.29, 1.82) is 0 Å². The second kappa shape index (κ2) is 10.5. The molecule has 0 heterocycles. The first-order valence-corrected chi connectivity index (χ1v) is 6.92. The first-order valence-electron chi connectivity index (χ1n) is 6.92. The Kier molecular flexibility index (Phi) is 9.41. The van der Waals surface area contributed by atoms with E-state index < -0.39 is 11.9 Å². The van der Waals surface area contributed by atoms with E-state index in [1.807, 2.05) is 0 Å². The first kappa shape index (κ1) is 19.8. The van der Waals surface area contributed by atoms with Gasteiger partial charge in [-0.15, -0.1) is 0 Å². The molecule has 0 atom stereocenters. The zero-order chi connectivity index (χ0) is 17.1. The minimum absolute atomic E-state index is 0.0350. The number of ketones is 2. The van der Waals surface area contributed by atoms with E-state index >= 15 is 0 Å². The van der Waals surface area contributed by atoms with Gasteiger partial charge in [0.05, 0.1) is 26.1 Å². The first-order chi connectivity index (χ1) is 10.2. The summed E-state index contributed by atoms with van der Waals surface area (Å²) < 4.78 is 9.63. The van der Waals surface area contributed by atoms with Gasteiger partial charge in [0.2, 0.25) is 0 Å². The molecule has 6 nitrogen and oxygen atoms in total. The molecule has 0 aromatic rings. The van der Waals surface area contributed by atoms with E-state index in [0.717, 1.165) is 0 Å². The summed E-state index contributed by atoms with van der Waals surface area (Å²) >= 11 is 0. The minimum Gasteiger partial charge on any atom is -0.465 e. The predicted molar refractivity (Wildman–Crippen MR) is 80.0 cm³/mol. The third kappa shape index (κ3) is 9.63. The molecule has 0 N–H and O–H groups in total. The van der Waals surface area contributed by atoms with Crippen molar-refractivity contribution in [2.75, 3.05) is 13.2 Å². The molecule has 6 heteroatoms. The van der Waals surface area contributed by atoms with E-state index in [2.05, 4.69) is 13.2 Å². The lowest BCUT2D eigenvalue weighted by molar-refractivity contribution is -0.151. The predicted octanol–water partition coefficient (Wildman–Crippen LogP) is 1.92. The highest BCUT2D eigenvalue weighted by atomic mass is 16.5. The van der Waals surface area contributed by atoms with Crippen LogP contribution in [0.2, 0.25) is 0 Å². The number of Topliss-reactive ketones (excluding diaryl/α,β-unsaturated/α-hetero) is 2. The van der Waals surface area contributed by atoms with Crippen molar-refractivity contribution in [3.05, 3.63) is 24.3 Å². The number of hydrogen-bond acceptors (Lipinski definition) is 6. The van der Waals surface area contributed by atoms with E-state index in [-0.39, 0.29) is 50.5 Å². The van der Waals surface area contributed by atoms with Crippen LogP contribution in [-0.4, -0.2) is 36.7 Å². The smallest absolute Gasteiger partial charge is 0.306 e. The maximum absolute atomic E-state index is 11.3. The second-order valence-electron chi connectivity index (χ2n) is 4.85. The number of esters is 2. The third-order valence-electron chi connectivity index (χ3n) is 2.67. The molecule has 0 bridgehead atoms. The molecule has 0 aliphatic rings. The van der Waals surface area contributed by atoms with Crippen LogP contribution >= 0.6 is 0 Å². The third-order valence-corrected chi connectivity index (χ3v) is 2.67. The van der Waals surface area contributed by atoms with Gasteiger partial charge in [-0.2, -0.15) is 0 Å². The lowest BCUT2D eigenvalue weighted by atomic mass is 10.2. The number of rotatable bonds is 11.